The molecule has 1 atom stereocenters. The van der Waals surface area contributed by atoms with Gasteiger partial charge >= 0.3 is 0 Å². The molecule has 0 radical (unpaired) electrons. The largest absolute Gasteiger partial charge is 0.377 e. The number of halogens is 1. The molecule has 1 saturated heterocycles. The third kappa shape index (κ3) is 4.29. The fourth-order valence-electron chi connectivity index (χ4n) is 3.33. The molecule has 0 aliphatic carbocycles. The van der Waals surface area contributed by atoms with E-state index >= 15 is 0 Å². The van der Waals surface area contributed by atoms with Gasteiger partial charge in [0.25, 0.3) is 5.91 Å². The maximum Gasteiger partial charge on any atom is 0.255 e. The Morgan fingerprint density at radius 1 is 1.07 bits per heavy atom. The molecule has 9 heteroatoms. The van der Waals surface area contributed by atoms with Gasteiger partial charge in [0.05, 0.1) is 29.5 Å². The molecule has 4 rings (SSSR count). The molecule has 1 unspecified atom stereocenters. The number of hydrogen-bond donors (Lipinski definition) is 4. The first-order chi connectivity index (χ1) is 14.4. The first-order valence-corrected chi connectivity index (χ1v) is 9.69. The SMILES string of the molecule is O=C(/C=C/C(=O)Nc1ccccc1Cl)Nc1ccc2c(c1)C(=O)NC1(CCOC1)N2. The van der Waals surface area contributed by atoms with Crippen LogP contribution in [0.5, 0.6) is 0 Å². The second-order valence-corrected chi connectivity index (χ2v) is 7.42. The molecule has 0 saturated carbocycles. The van der Waals surface area contributed by atoms with Gasteiger partial charge in [-0.15, -0.1) is 0 Å². The van der Waals surface area contributed by atoms with Gasteiger partial charge in [-0.1, -0.05) is 23.7 Å². The zero-order valence-electron chi connectivity index (χ0n) is 15.8. The fraction of sp³-hybridized carbons (Fsp3) is 0.190. The Bertz CT molecular complexity index is 1050. The lowest BCUT2D eigenvalue weighted by Gasteiger charge is -2.36. The second kappa shape index (κ2) is 8.17. The maximum absolute atomic E-state index is 12.5. The van der Waals surface area contributed by atoms with E-state index in [4.69, 9.17) is 16.3 Å². The maximum atomic E-state index is 12.5. The van der Waals surface area contributed by atoms with Crippen molar-refractivity contribution in [3.05, 3.63) is 65.2 Å². The molecule has 2 aliphatic rings. The molecule has 154 valence electrons. The minimum atomic E-state index is -0.577. The molecule has 2 aromatic carbocycles. The van der Waals surface area contributed by atoms with E-state index in [2.05, 4.69) is 21.3 Å². The number of amides is 3. The summed E-state index contributed by atoms with van der Waals surface area (Å²) in [7, 11) is 0. The highest BCUT2D eigenvalue weighted by Crippen LogP contribution is 2.31. The third-order valence-corrected chi connectivity index (χ3v) is 5.13. The molecular formula is C21H19ClN4O4. The van der Waals surface area contributed by atoms with Crippen LogP contribution in [0.25, 0.3) is 0 Å². The quantitative estimate of drug-likeness (QED) is 0.562. The van der Waals surface area contributed by atoms with Crippen LogP contribution in [-0.2, 0) is 14.3 Å². The minimum Gasteiger partial charge on any atom is -0.377 e. The Balaban J connectivity index is 1.39. The van der Waals surface area contributed by atoms with E-state index in [0.29, 0.717) is 47.3 Å². The topological polar surface area (TPSA) is 109 Å². The molecule has 2 heterocycles. The number of rotatable bonds is 4. The Kier molecular flexibility index (Phi) is 5.43. The molecule has 2 aromatic rings. The number of carbonyl (C=O) groups excluding carboxylic acids is 3. The molecule has 4 N–H and O–H groups in total. The Morgan fingerprint density at radius 2 is 1.83 bits per heavy atom. The van der Waals surface area contributed by atoms with Gasteiger partial charge in [0.2, 0.25) is 11.8 Å². The summed E-state index contributed by atoms with van der Waals surface area (Å²) in [5, 5.41) is 11.9. The molecule has 2 aliphatic heterocycles. The van der Waals surface area contributed by atoms with E-state index in [9.17, 15) is 14.4 Å². The lowest BCUT2D eigenvalue weighted by molar-refractivity contribution is -0.114. The number of fused-ring (bicyclic) bond motifs is 1. The van der Waals surface area contributed by atoms with Crippen molar-refractivity contribution >= 4 is 46.4 Å². The van der Waals surface area contributed by atoms with Crippen molar-refractivity contribution in [3.63, 3.8) is 0 Å². The van der Waals surface area contributed by atoms with Crippen LogP contribution in [0.3, 0.4) is 0 Å². The average molecular weight is 427 g/mol. The molecule has 3 amide bonds. The molecule has 30 heavy (non-hydrogen) atoms. The van der Waals surface area contributed by atoms with Gasteiger partial charge in [0.15, 0.2) is 0 Å². The summed E-state index contributed by atoms with van der Waals surface area (Å²) >= 11 is 5.98. The van der Waals surface area contributed by atoms with Gasteiger partial charge in [-0.05, 0) is 30.3 Å². The fourth-order valence-corrected chi connectivity index (χ4v) is 3.51. The smallest absolute Gasteiger partial charge is 0.255 e. The highest BCUT2D eigenvalue weighted by atomic mass is 35.5. The summed E-state index contributed by atoms with van der Waals surface area (Å²) in [4.78, 5) is 36.6. The van der Waals surface area contributed by atoms with Crippen molar-refractivity contribution in [2.75, 3.05) is 29.2 Å². The van der Waals surface area contributed by atoms with Crippen molar-refractivity contribution in [2.24, 2.45) is 0 Å². The second-order valence-electron chi connectivity index (χ2n) is 7.02. The molecular weight excluding hydrogens is 408 g/mol. The van der Waals surface area contributed by atoms with Gasteiger partial charge in [0.1, 0.15) is 5.66 Å². The Hall–Kier alpha value is -3.36. The standard InChI is InChI=1S/C21H19ClN4O4/c22-15-3-1-2-4-17(15)24-19(28)8-7-18(27)23-13-5-6-16-14(11-13)20(29)26-21(25-16)9-10-30-12-21/h1-8,11,25H,9-10,12H2,(H,23,27)(H,24,28)(H,26,29)/b8-7+. The number of carbonyl (C=O) groups is 3. The zero-order chi connectivity index (χ0) is 21.1. The van der Waals surface area contributed by atoms with Crippen molar-refractivity contribution in [1.82, 2.24) is 5.32 Å². The average Bonchev–Trinajstić information content (AvgIpc) is 3.16. The van der Waals surface area contributed by atoms with Crippen molar-refractivity contribution in [2.45, 2.75) is 12.1 Å². The number of ether oxygens (including phenoxy) is 1. The summed E-state index contributed by atoms with van der Waals surface area (Å²) in [6.07, 6.45) is 2.89. The summed E-state index contributed by atoms with van der Waals surface area (Å²) < 4.78 is 5.39. The lowest BCUT2D eigenvalue weighted by Crippen LogP contribution is -2.58. The van der Waals surface area contributed by atoms with Gasteiger partial charge in [-0.2, -0.15) is 0 Å². The van der Waals surface area contributed by atoms with Crippen LogP contribution in [0.2, 0.25) is 5.02 Å². The van der Waals surface area contributed by atoms with E-state index in [1.165, 1.54) is 0 Å². The van der Waals surface area contributed by atoms with E-state index in [0.717, 1.165) is 12.2 Å². The van der Waals surface area contributed by atoms with Gasteiger partial charge in [0, 0.05) is 29.9 Å². The normalized spacial score (nSPS) is 19.8. The molecule has 0 bridgehead atoms. The summed E-state index contributed by atoms with van der Waals surface area (Å²) in [5.74, 6) is -1.23. The number of hydrogen-bond acceptors (Lipinski definition) is 5. The van der Waals surface area contributed by atoms with Crippen LogP contribution >= 0.6 is 11.6 Å². The van der Waals surface area contributed by atoms with Crippen molar-refractivity contribution in [3.8, 4) is 0 Å². The zero-order valence-corrected chi connectivity index (χ0v) is 16.6. The van der Waals surface area contributed by atoms with Crippen LogP contribution in [-0.4, -0.2) is 36.6 Å². The predicted molar refractivity (Wildman–Crippen MR) is 114 cm³/mol. The van der Waals surface area contributed by atoms with Crippen molar-refractivity contribution in [1.29, 1.82) is 0 Å². The molecule has 1 fully saturated rings. The monoisotopic (exact) mass is 426 g/mol. The van der Waals surface area contributed by atoms with Crippen LogP contribution in [0.15, 0.2) is 54.6 Å². The van der Waals surface area contributed by atoms with Crippen LogP contribution < -0.4 is 21.3 Å². The molecule has 0 aromatic heterocycles. The predicted octanol–water partition coefficient (Wildman–Crippen LogP) is 2.75. The summed E-state index contributed by atoms with van der Waals surface area (Å²) in [6.45, 7) is 0.977. The lowest BCUT2D eigenvalue weighted by atomic mass is 10.0. The van der Waals surface area contributed by atoms with Crippen LogP contribution in [0.1, 0.15) is 16.8 Å². The van der Waals surface area contributed by atoms with E-state index in [-0.39, 0.29) is 5.91 Å². The number of benzene rings is 2. The summed E-state index contributed by atoms with van der Waals surface area (Å²) in [5.41, 5.74) is 1.41. The number of nitrogens with one attached hydrogen (secondary N) is 4. The Labute approximate surface area is 177 Å². The highest BCUT2D eigenvalue weighted by molar-refractivity contribution is 6.33. The molecule has 8 nitrogen and oxygen atoms in total. The Morgan fingerprint density at radius 3 is 2.57 bits per heavy atom. The van der Waals surface area contributed by atoms with E-state index in [1.54, 1.807) is 42.5 Å². The first kappa shape index (κ1) is 19.9. The summed E-state index contributed by atoms with van der Waals surface area (Å²) in [6, 6.07) is 11.8. The van der Waals surface area contributed by atoms with Gasteiger partial charge < -0.3 is 26.0 Å². The number of para-hydroxylation sites is 1. The third-order valence-electron chi connectivity index (χ3n) is 4.80. The number of anilines is 3. The van der Waals surface area contributed by atoms with Gasteiger partial charge in [-0.25, -0.2) is 0 Å². The van der Waals surface area contributed by atoms with E-state index in [1.807, 2.05) is 0 Å². The van der Waals surface area contributed by atoms with E-state index < -0.39 is 17.5 Å². The highest BCUT2D eigenvalue weighted by Gasteiger charge is 2.40. The van der Waals surface area contributed by atoms with Gasteiger partial charge in [-0.3, -0.25) is 14.4 Å². The van der Waals surface area contributed by atoms with Crippen LogP contribution in [0.4, 0.5) is 17.1 Å². The molecule has 1 spiro atoms. The van der Waals surface area contributed by atoms with Crippen molar-refractivity contribution < 1.29 is 19.1 Å². The van der Waals surface area contributed by atoms with Crippen LogP contribution in [0, 0.1) is 0 Å². The minimum absolute atomic E-state index is 0.236. The first-order valence-electron chi connectivity index (χ1n) is 9.31.